The maximum Gasteiger partial charge on any atom is 0.194 e. The number of aryl methyl sites for hydroxylation is 1. The van der Waals surface area contributed by atoms with E-state index >= 15 is 0 Å². The summed E-state index contributed by atoms with van der Waals surface area (Å²) in [5.41, 5.74) is 0.652. The molecule has 0 aliphatic rings. The summed E-state index contributed by atoms with van der Waals surface area (Å²) < 4.78 is 42.2. The van der Waals surface area contributed by atoms with Crippen molar-refractivity contribution in [3.63, 3.8) is 0 Å². The SMILES string of the molecule is CCCn1nncc1C(NCC)c1ccc(F)c(F)c1F. The fourth-order valence-corrected chi connectivity index (χ4v) is 2.22. The third-order valence-electron chi connectivity index (χ3n) is 3.16. The van der Waals surface area contributed by atoms with E-state index in [0.29, 0.717) is 18.8 Å². The van der Waals surface area contributed by atoms with Crippen LogP contribution in [0.2, 0.25) is 0 Å². The van der Waals surface area contributed by atoms with Gasteiger partial charge in [-0.25, -0.2) is 17.9 Å². The van der Waals surface area contributed by atoms with Gasteiger partial charge in [-0.1, -0.05) is 25.1 Å². The van der Waals surface area contributed by atoms with Crippen LogP contribution in [0, 0.1) is 17.5 Å². The first-order chi connectivity index (χ1) is 10.1. The Morgan fingerprint density at radius 1 is 1.19 bits per heavy atom. The van der Waals surface area contributed by atoms with Gasteiger partial charge in [0, 0.05) is 12.1 Å². The molecule has 1 heterocycles. The van der Waals surface area contributed by atoms with Gasteiger partial charge in [0.05, 0.1) is 17.9 Å². The second-order valence-electron chi connectivity index (χ2n) is 4.64. The van der Waals surface area contributed by atoms with Crippen LogP contribution in [0.4, 0.5) is 13.2 Å². The molecule has 0 fully saturated rings. The Hall–Kier alpha value is -1.89. The molecule has 1 unspecified atom stereocenters. The van der Waals surface area contributed by atoms with E-state index < -0.39 is 23.5 Å². The van der Waals surface area contributed by atoms with E-state index in [2.05, 4.69) is 15.6 Å². The summed E-state index contributed by atoms with van der Waals surface area (Å²) in [5, 5.41) is 10.8. The zero-order valence-electron chi connectivity index (χ0n) is 11.9. The van der Waals surface area contributed by atoms with Crippen molar-refractivity contribution in [3.05, 3.63) is 47.0 Å². The monoisotopic (exact) mass is 298 g/mol. The molecule has 0 saturated heterocycles. The van der Waals surface area contributed by atoms with E-state index in [9.17, 15) is 13.2 Å². The van der Waals surface area contributed by atoms with Crippen molar-refractivity contribution in [2.24, 2.45) is 0 Å². The fraction of sp³-hybridized carbons (Fsp3) is 0.429. The van der Waals surface area contributed by atoms with Crippen LogP contribution in [0.15, 0.2) is 18.3 Å². The van der Waals surface area contributed by atoms with Crippen molar-refractivity contribution >= 4 is 0 Å². The second-order valence-corrected chi connectivity index (χ2v) is 4.64. The second kappa shape index (κ2) is 6.71. The molecule has 2 aromatic rings. The Morgan fingerprint density at radius 3 is 2.62 bits per heavy atom. The summed E-state index contributed by atoms with van der Waals surface area (Å²) in [6.45, 7) is 4.97. The number of aromatic nitrogens is 3. The highest BCUT2D eigenvalue weighted by atomic mass is 19.2. The predicted molar refractivity (Wildman–Crippen MR) is 72.1 cm³/mol. The minimum atomic E-state index is -1.47. The Morgan fingerprint density at radius 2 is 1.95 bits per heavy atom. The van der Waals surface area contributed by atoms with Crippen molar-refractivity contribution in [2.45, 2.75) is 32.9 Å². The third-order valence-corrected chi connectivity index (χ3v) is 3.16. The van der Waals surface area contributed by atoms with E-state index in [4.69, 9.17) is 0 Å². The molecule has 0 spiro atoms. The topological polar surface area (TPSA) is 42.7 Å². The quantitative estimate of drug-likeness (QED) is 0.834. The van der Waals surface area contributed by atoms with Gasteiger partial charge >= 0.3 is 0 Å². The number of hydrogen-bond acceptors (Lipinski definition) is 3. The van der Waals surface area contributed by atoms with E-state index in [-0.39, 0.29) is 5.56 Å². The van der Waals surface area contributed by atoms with Crippen LogP contribution in [-0.4, -0.2) is 21.5 Å². The number of rotatable bonds is 6. The van der Waals surface area contributed by atoms with Crippen LogP contribution in [0.25, 0.3) is 0 Å². The number of hydrogen-bond donors (Lipinski definition) is 1. The first-order valence-corrected chi connectivity index (χ1v) is 6.85. The summed E-state index contributed by atoms with van der Waals surface area (Å²) in [5.74, 6) is -3.86. The minimum Gasteiger partial charge on any atom is -0.305 e. The van der Waals surface area contributed by atoms with Crippen molar-refractivity contribution in [1.82, 2.24) is 20.3 Å². The highest BCUT2D eigenvalue weighted by Gasteiger charge is 2.24. The number of nitrogens with zero attached hydrogens (tertiary/aromatic N) is 3. The normalized spacial score (nSPS) is 12.6. The van der Waals surface area contributed by atoms with E-state index in [1.54, 1.807) is 4.68 Å². The molecule has 21 heavy (non-hydrogen) atoms. The molecule has 1 atom stereocenters. The predicted octanol–water partition coefficient (Wildman–Crippen LogP) is 2.80. The van der Waals surface area contributed by atoms with Gasteiger partial charge in [-0.3, -0.25) is 0 Å². The van der Waals surface area contributed by atoms with E-state index in [1.165, 1.54) is 12.3 Å². The first kappa shape index (κ1) is 15.5. The van der Waals surface area contributed by atoms with E-state index in [1.807, 2.05) is 13.8 Å². The highest BCUT2D eigenvalue weighted by Crippen LogP contribution is 2.26. The molecule has 1 N–H and O–H groups in total. The molecule has 114 valence electrons. The van der Waals surface area contributed by atoms with Crippen LogP contribution in [-0.2, 0) is 6.54 Å². The largest absolute Gasteiger partial charge is 0.305 e. The molecular formula is C14H17F3N4. The third kappa shape index (κ3) is 3.07. The van der Waals surface area contributed by atoms with Crippen LogP contribution in [0.5, 0.6) is 0 Å². The van der Waals surface area contributed by atoms with Gasteiger partial charge in [-0.05, 0) is 19.0 Å². The summed E-state index contributed by atoms with van der Waals surface area (Å²) in [6.07, 6.45) is 2.33. The molecule has 0 radical (unpaired) electrons. The van der Waals surface area contributed by atoms with Crippen molar-refractivity contribution in [3.8, 4) is 0 Å². The zero-order valence-corrected chi connectivity index (χ0v) is 11.9. The van der Waals surface area contributed by atoms with Crippen LogP contribution in [0.3, 0.4) is 0 Å². The first-order valence-electron chi connectivity index (χ1n) is 6.85. The maximum atomic E-state index is 14.0. The highest BCUT2D eigenvalue weighted by molar-refractivity contribution is 5.29. The molecular weight excluding hydrogens is 281 g/mol. The lowest BCUT2D eigenvalue weighted by Crippen LogP contribution is -2.26. The molecule has 4 nitrogen and oxygen atoms in total. The molecule has 1 aromatic carbocycles. The molecule has 2 rings (SSSR count). The molecule has 0 aliphatic heterocycles. The molecule has 7 heteroatoms. The van der Waals surface area contributed by atoms with Gasteiger partial charge in [-0.2, -0.15) is 0 Å². The lowest BCUT2D eigenvalue weighted by atomic mass is 10.0. The Balaban J connectivity index is 2.48. The molecule has 0 aliphatic carbocycles. The van der Waals surface area contributed by atoms with Crippen LogP contribution < -0.4 is 5.32 Å². The fourth-order valence-electron chi connectivity index (χ4n) is 2.22. The molecule has 1 aromatic heterocycles. The van der Waals surface area contributed by atoms with Crippen molar-refractivity contribution in [1.29, 1.82) is 0 Å². The molecule has 0 saturated carbocycles. The number of halogens is 3. The van der Waals surface area contributed by atoms with Gasteiger partial charge in [-0.15, -0.1) is 5.10 Å². The summed E-state index contributed by atoms with van der Waals surface area (Å²) in [6, 6.07) is 1.53. The Bertz CT molecular complexity index is 612. The summed E-state index contributed by atoms with van der Waals surface area (Å²) in [7, 11) is 0. The lowest BCUT2D eigenvalue weighted by molar-refractivity contribution is 0.428. The van der Waals surface area contributed by atoms with Crippen LogP contribution in [0.1, 0.15) is 37.6 Å². The van der Waals surface area contributed by atoms with Crippen molar-refractivity contribution < 1.29 is 13.2 Å². The Labute approximate surface area is 121 Å². The average Bonchev–Trinajstić information content (AvgIpc) is 2.92. The van der Waals surface area contributed by atoms with Gasteiger partial charge in [0.25, 0.3) is 0 Å². The smallest absolute Gasteiger partial charge is 0.194 e. The minimum absolute atomic E-state index is 0.0374. The zero-order chi connectivity index (χ0) is 15.4. The molecule has 0 bridgehead atoms. The lowest BCUT2D eigenvalue weighted by Gasteiger charge is -2.20. The maximum absolute atomic E-state index is 14.0. The number of benzene rings is 1. The van der Waals surface area contributed by atoms with Crippen LogP contribution >= 0.6 is 0 Å². The van der Waals surface area contributed by atoms with Gasteiger partial charge < -0.3 is 5.32 Å². The number of nitrogens with one attached hydrogen (secondary N) is 1. The average molecular weight is 298 g/mol. The van der Waals surface area contributed by atoms with Gasteiger partial charge in [0.1, 0.15) is 0 Å². The van der Waals surface area contributed by atoms with Crippen molar-refractivity contribution in [2.75, 3.05) is 6.54 Å². The van der Waals surface area contributed by atoms with E-state index in [0.717, 1.165) is 12.5 Å². The molecule has 0 amide bonds. The Kier molecular flexibility index (Phi) is 4.95. The summed E-state index contributed by atoms with van der Waals surface area (Å²) in [4.78, 5) is 0. The standard InChI is InChI=1S/C14H17F3N4/c1-3-7-21-11(8-19-20-21)14(18-4-2)9-5-6-10(15)13(17)12(9)16/h5-6,8,14,18H,3-4,7H2,1-2H3. The summed E-state index contributed by atoms with van der Waals surface area (Å²) >= 11 is 0. The van der Waals surface area contributed by atoms with Gasteiger partial charge in [0.15, 0.2) is 17.5 Å². The van der Waals surface area contributed by atoms with Gasteiger partial charge in [0.2, 0.25) is 0 Å².